The number of rotatable bonds is 2. The van der Waals surface area contributed by atoms with Crippen molar-refractivity contribution in [3.8, 4) is 0 Å². The Labute approximate surface area is 68.9 Å². The zero-order valence-electron chi connectivity index (χ0n) is 6.36. The first-order valence-corrected chi connectivity index (χ1v) is 3.56. The molecule has 0 radical (unpaired) electrons. The summed E-state index contributed by atoms with van der Waals surface area (Å²) in [4.78, 5) is 4.52. The fourth-order valence-electron chi connectivity index (χ4n) is 1.16. The summed E-state index contributed by atoms with van der Waals surface area (Å²) in [6.07, 6.45) is 1.66. The molecule has 0 saturated carbocycles. The summed E-state index contributed by atoms with van der Waals surface area (Å²) in [7, 11) is 0. The Morgan fingerprint density at radius 3 is 3.25 bits per heavy atom. The van der Waals surface area contributed by atoms with E-state index in [9.17, 15) is 0 Å². The molecular weight excluding hydrogens is 156 g/mol. The van der Waals surface area contributed by atoms with E-state index in [-0.39, 0.29) is 0 Å². The average Bonchev–Trinajstić information content (AvgIpc) is 2.53. The first-order valence-electron chi connectivity index (χ1n) is 3.56. The lowest BCUT2D eigenvalue weighted by molar-refractivity contribution is 0.124. The average molecular weight is 164 g/mol. The van der Waals surface area contributed by atoms with Gasteiger partial charge >= 0.3 is 0 Å². The van der Waals surface area contributed by atoms with E-state index in [1.54, 1.807) is 6.20 Å². The van der Waals surface area contributed by atoms with E-state index in [2.05, 4.69) is 9.99 Å². The van der Waals surface area contributed by atoms with Gasteiger partial charge in [0.25, 0.3) is 0 Å². The van der Waals surface area contributed by atoms with Crippen molar-refractivity contribution in [2.24, 2.45) is 5.90 Å². The van der Waals surface area contributed by atoms with Gasteiger partial charge in [0, 0.05) is 10.9 Å². The molecule has 4 heteroatoms. The van der Waals surface area contributed by atoms with Crippen LogP contribution in [0, 0.1) is 0 Å². The van der Waals surface area contributed by atoms with E-state index >= 15 is 0 Å². The third-order valence-corrected chi connectivity index (χ3v) is 1.70. The topological polar surface area (TPSA) is 61.3 Å². The van der Waals surface area contributed by atoms with Gasteiger partial charge in [0.15, 0.2) is 5.58 Å². The Bertz CT molecular complexity index is 383. The van der Waals surface area contributed by atoms with Crippen molar-refractivity contribution in [2.45, 2.75) is 6.61 Å². The Balaban J connectivity index is 2.57. The lowest BCUT2D eigenvalue weighted by atomic mass is 10.2. The number of nitrogens with two attached hydrogens (primary N) is 1. The highest BCUT2D eigenvalue weighted by Gasteiger charge is 2.03. The van der Waals surface area contributed by atoms with Crippen molar-refractivity contribution in [2.75, 3.05) is 0 Å². The van der Waals surface area contributed by atoms with Crippen LogP contribution in [0.5, 0.6) is 0 Å². The molecule has 0 unspecified atom stereocenters. The second-order valence-corrected chi connectivity index (χ2v) is 2.47. The van der Waals surface area contributed by atoms with Gasteiger partial charge in [-0.05, 0) is 6.07 Å². The Hall–Kier alpha value is -1.39. The Morgan fingerprint density at radius 1 is 1.50 bits per heavy atom. The maximum absolute atomic E-state index is 5.02. The molecule has 1 aromatic heterocycles. The number of benzene rings is 1. The zero-order chi connectivity index (χ0) is 8.39. The van der Waals surface area contributed by atoms with Crippen LogP contribution in [0.25, 0.3) is 11.0 Å². The van der Waals surface area contributed by atoms with Gasteiger partial charge in [-0.3, -0.25) is 4.84 Å². The van der Waals surface area contributed by atoms with Crippen LogP contribution in [-0.2, 0) is 11.4 Å². The molecule has 4 nitrogen and oxygen atoms in total. The molecule has 0 atom stereocenters. The van der Waals surface area contributed by atoms with Crippen molar-refractivity contribution < 1.29 is 9.36 Å². The van der Waals surface area contributed by atoms with Gasteiger partial charge in [-0.15, -0.1) is 0 Å². The zero-order valence-corrected chi connectivity index (χ0v) is 6.36. The standard InChI is InChI=1S/C8H8N2O2/c9-11-5-7-3-1-2-6-4-10-12-8(6)7/h1-4H,5,9H2. The van der Waals surface area contributed by atoms with Crippen LogP contribution in [0.1, 0.15) is 5.56 Å². The third kappa shape index (κ3) is 1.07. The SMILES string of the molecule is NOCc1cccc2cnoc12. The summed E-state index contributed by atoms with van der Waals surface area (Å²) in [6, 6.07) is 5.72. The van der Waals surface area contributed by atoms with Crippen LogP contribution in [0.4, 0.5) is 0 Å². The minimum atomic E-state index is 0.340. The molecule has 0 aliphatic carbocycles. The molecule has 0 bridgehead atoms. The summed E-state index contributed by atoms with van der Waals surface area (Å²) in [5, 5.41) is 4.64. The number of hydrogen-bond donors (Lipinski definition) is 1. The normalized spacial score (nSPS) is 10.8. The summed E-state index contributed by atoms with van der Waals surface area (Å²) in [5.41, 5.74) is 1.65. The maximum atomic E-state index is 5.02. The summed E-state index contributed by atoms with van der Waals surface area (Å²) in [5.74, 6) is 4.96. The van der Waals surface area contributed by atoms with E-state index in [1.165, 1.54) is 0 Å². The molecule has 0 spiro atoms. The molecular formula is C8H8N2O2. The van der Waals surface area contributed by atoms with E-state index in [0.717, 1.165) is 16.5 Å². The fourth-order valence-corrected chi connectivity index (χ4v) is 1.16. The maximum Gasteiger partial charge on any atom is 0.172 e. The molecule has 0 fully saturated rings. The number of hydrogen-bond acceptors (Lipinski definition) is 4. The number of nitrogens with zero attached hydrogens (tertiary/aromatic N) is 1. The number of fused-ring (bicyclic) bond motifs is 1. The molecule has 0 amide bonds. The molecule has 0 saturated heterocycles. The number of aromatic nitrogens is 1. The van der Waals surface area contributed by atoms with Crippen LogP contribution in [-0.4, -0.2) is 5.16 Å². The van der Waals surface area contributed by atoms with Gasteiger partial charge in [-0.2, -0.15) is 0 Å². The first-order chi connectivity index (χ1) is 5.92. The second kappa shape index (κ2) is 2.92. The highest BCUT2D eigenvalue weighted by Crippen LogP contribution is 2.17. The summed E-state index contributed by atoms with van der Waals surface area (Å²) in [6.45, 7) is 0.340. The highest BCUT2D eigenvalue weighted by atomic mass is 16.6. The van der Waals surface area contributed by atoms with Crippen molar-refractivity contribution >= 4 is 11.0 Å². The highest BCUT2D eigenvalue weighted by molar-refractivity contribution is 5.78. The van der Waals surface area contributed by atoms with E-state index < -0.39 is 0 Å². The summed E-state index contributed by atoms with van der Waals surface area (Å²) >= 11 is 0. The molecule has 1 aromatic carbocycles. The van der Waals surface area contributed by atoms with Crippen molar-refractivity contribution in [3.63, 3.8) is 0 Å². The molecule has 62 valence electrons. The second-order valence-electron chi connectivity index (χ2n) is 2.47. The first kappa shape index (κ1) is 7.27. The lowest BCUT2D eigenvalue weighted by Gasteiger charge is -1.97. The van der Waals surface area contributed by atoms with Gasteiger partial charge in [0.2, 0.25) is 0 Å². The molecule has 0 aliphatic heterocycles. The molecule has 1 heterocycles. The third-order valence-electron chi connectivity index (χ3n) is 1.70. The minimum Gasteiger partial charge on any atom is -0.356 e. The van der Waals surface area contributed by atoms with Crippen LogP contribution >= 0.6 is 0 Å². The Kier molecular flexibility index (Phi) is 1.77. The van der Waals surface area contributed by atoms with E-state index in [1.807, 2.05) is 18.2 Å². The van der Waals surface area contributed by atoms with Gasteiger partial charge < -0.3 is 4.52 Å². The van der Waals surface area contributed by atoms with Crippen molar-refractivity contribution in [3.05, 3.63) is 30.0 Å². The van der Waals surface area contributed by atoms with Gasteiger partial charge in [-0.25, -0.2) is 5.90 Å². The van der Waals surface area contributed by atoms with Crippen molar-refractivity contribution in [1.82, 2.24) is 5.16 Å². The summed E-state index contributed by atoms with van der Waals surface area (Å²) < 4.78 is 5.02. The largest absolute Gasteiger partial charge is 0.356 e. The van der Waals surface area contributed by atoms with E-state index in [4.69, 9.17) is 10.4 Å². The monoisotopic (exact) mass is 164 g/mol. The fraction of sp³-hybridized carbons (Fsp3) is 0.125. The Morgan fingerprint density at radius 2 is 2.42 bits per heavy atom. The molecule has 2 aromatic rings. The lowest BCUT2D eigenvalue weighted by Crippen LogP contribution is -1.98. The van der Waals surface area contributed by atoms with Gasteiger partial charge in [0.1, 0.15) is 0 Å². The minimum absolute atomic E-state index is 0.340. The predicted molar refractivity (Wildman–Crippen MR) is 43.0 cm³/mol. The smallest absolute Gasteiger partial charge is 0.172 e. The van der Waals surface area contributed by atoms with Crippen molar-refractivity contribution in [1.29, 1.82) is 0 Å². The van der Waals surface area contributed by atoms with Crippen LogP contribution < -0.4 is 5.90 Å². The predicted octanol–water partition coefficient (Wildman–Crippen LogP) is 1.22. The van der Waals surface area contributed by atoms with Gasteiger partial charge in [0.05, 0.1) is 12.8 Å². The number of para-hydroxylation sites is 1. The molecule has 12 heavy (non-hydrogen) atoms. The molecule has 0 aliphatic rings. The molecule has 2 rings (SSSR count). The van der Waals surface area contributed by atoms with Gasteiger partial charge in [-0.1, -0.05) is 17.3 Å². The molecule has 2 N–H and O–H groups in total. The quantitative estimate of drug-likeness (QED) is 0.678. The van der Waals surface area contributed by atoms with Crippen LogP contribution in [0.3, 0.4) is 0 Å². The van der Waals surface area contributed by atoms with E-state index in [0.29, 0.717) is 6.61 Å². The van der Waals surface area contributed by atoms with Crippen LogP contribution in [0.2, 0.25) is 0 Å². The van der Waals surface area contributed by atoms with Crippen LogP contribution in [0.15, 0.2) is 28.9 Å².